The van der Waals surface area contributed by atoms with Gasteiger partial charge in [-0.25, -0.2) is 14.8 Å². The normalized spacial score (nSPS) is 12.4. The standard InChI is InChI=1S/C13H17N3O2S/c1-5-7(2)16-11-9-8(3)10(13(17)18-4)19-12(9)15-6-14-11/h6-7H,5H2,1-4H3,(H,14,15,16). The van der Waals surface area contributed by atoms with Crippen molar-refractivity contribution in [3.63, 3.8) is 0 Å². The van der Waals surface area contributed by atoms with Crippen molar-refractivity contribution in [3.8, 4) is 0 Å². The lowest BCUT2D eigenvalue weighted by Gasteiger charge is -2.12. The van der Waals surface area contributed by atoms with Crippen LogP contribution < -0.4 is 5.32 Å². The van der Waals surface area contributed by atoms with Gasteiger partial charge in [0.1, 0.15) is 21.9 Å². The minimum absolute atomic E-state index is 0.318. The molecule has 0 spiro atoms. The highest BCUT2D eigenvalue weighted by atomic mass is 32.1. The van der Waals surface area contributed by atoms with Gasteiger partial charge >= 0.3 is 5.97 Å². The lowest BCUT2D eigenvalue weighted by atomic mass is 10.2. The molecule has 2 rings (SSSR count). The van der Waals surface area contributed by atoms with E-state index in [4.69, 9.17) is 4.74 Å². The molecule has 1 atom stereocenters. The molecule has 0 radical (unpaired) electrons. The lowest BCUT2D eigenvalue weighted by molar-refractivity contribution is 0.0605. The number of ether oxygens (including phenoxy) is 1. The second-order valence-corrected chi connectivity index (χ2v) is 5.40. The number of hydrogen-bond acceptors (Lipinski definition) is 6. The summed E-state index contributed by atoms with van der Waals surface area (Å²) in [5, 5.41) is 4.26. The monoisotopic (exact) mass is 279 g/mol. The summed E-state index contributed by atoms with van der Waals surface area (Å²) in [6.07, 6.45) is 2.52. The second kappa shape index (κ2) is 5.52. The Morgan fingerprint density at radius 2 is 2.26 bits per heavy atom. The molecule has 102 valence electrons. The Morgan fingerprint density at radius 3 is 2.89 bits per heavy atom. The molecule has 0 saturated heterocycles. The van der Waals surface area contributed by atoms with Crippen LogP contribution in [-0.2, 0) is 4.74 Å². The number of fused-ring (bicyclic) bond motifs is 1. The third kappa shape index (κ3) is 2.53. The van der Waals surface area contributed by atoms with Crippen LogP contribution in [-0.4, -0.2) is 29.1 Å². The SMILES string of the molecule is CCC(C)Nc1ncnc2sc(C(=O)OC)c(C)c12. The maximum absolute atomic E-state index is 11.7. The van der Waals surface area contributed by atoms with E-state index in [2.05, 4.69) is 29.1 Å². The van der Waals surface area contributed by atoms with Gasteiger partial charge in [0.25, 0.3) is 0 Å². The summed E-state index contributed by atoms with van der Waals surface area (Å²) in [7, 11) is 1.39. The van der Waals surface area contributed by atoms with E-state index < -0.39 is 0 Å². The van der Waals surface area contributed by atoms with Gasteiger partial charge in [-0.3, -0.25) is 0 Å². The molecule has 5 nitrogen and oxygen atoms in total. The molecule has 0 aliphatic heterocycles. The quantitative estimate of drug-likeness (QED) is 0.872. The Balaban J connectivity index is 2.55. The molecule has 0 bridgehead atoms. The molecule has 1 N–H and O–H groups in total. The molecule has 0 amide bonds. The van der Waals surface area contributed by atoms with Crippen LogP contribution >= 0.6 is 11.3 Å². The fraction of sp³-hybridized carbons (Fsp3) is 0.462. The van der Waals surface area contributed by atoms with Gasteiger partial charge in [0.15, 0.2) is 0 Å². The van der Waals surface area contributed by atoms with Gasteiger partial charge < -0.3 is 10.1 Å². The lowest BCUT2D eigenvalue weighted by Crippen LogP contribution is -2.14. The van der Waals surface area contributed by atoms with E-state index in [1.807, 2.05) is 6.92 Å². The van der Waals surface area contributed by atoms with Crippen molar-refractivity contribution in [3.05, 3.63) is 16.8 Å². The van der Waals surface area contributed by atoms with Crippen LogP contribution in [0.15, 0.2) is 6.33 Å². The Kier molecular flexibility index (Phi) is 3.99. The molecular formula is C13H17N3O2S. The Morgan fingerprint density at radius 1 is 1.53 bits per heavy atom. The Bertz CT molecular complexity index is 609. The molecule has 0 fully saturated rings. The number of rotatable bonds is 4. The second-order valence-electron chi connectivity index (χ2n) is 4.40. The Labute approximate surface area is 116 Å². The maximum Gasteiger partial charge on any atom is 0.348 e. The predicted molar refractivity (Wildman–Crippen MR) is 76.9 cm³/mol. The number of hydrogen-bond donors (Lipinski definition) is 1. The van der Waals surface area contributed by atoms with Crippen molar-refractivity contribution in [1.82, 2.24) is 9.97 Å². The summed E-state index contributed by atoms with van der Waals surface area (Å²) in [5.74, 6) is 0.457. The van der Waals surface area contributed by atoms with Gasteiger partial charge in [-0.05, 0) is 25.8 Å². The van der Waals surface area contributed by atoms with Crippen molar-refractivity contribution in [2.45, 2.75) is 33.2 Å². The highest BCUT2D eigenvalue weighted by Gasteiger charge is 2.19. The smallest absolute Gasteiger partial charge is 0.348 e. The molecular weight excluding hydrogens is 262 g/mol. The fourth-order valence-corrected chi connectivity index (χ4v) is 2.87. The Hall–Kier alpha value is -1.69. The zero-order valence-corrected chi connectivity index (χ0v) is 12.3. The molecule has 1 unspecified atom stereocenters. The van der Waals surface area contributed by atoms with Gasteiger partial charge in [-0.2, -0.15) is 0 Å². The summed E-state index contributed by atoms with van der Waals surface area (Å²) in [6, 6.07) is 0.318. The van der Waals surface area contributed by atoms with Crippen LogP contribution in [0.1, 0.15) is 35.5 Å². The number of methoxy groups -OCH3 is 1. The number of carbonyl (C=O) groups excluding carboxylic acids is 1. The first-order valence-electron chi connectivity index (χ1n) is 6.17. The van der Waals surface area contributed by atoms with Crippen molar-refractivity contribution >= 4 is 33.3 Å². The van der Waals surface area contributed by atoms with E-state index >= 15 is 0 Å². The fourth-order valence-electron chi connectivity index (χ4n) is 1.80. The van der Waals surface area contributed by atoms with Crippen molar-refractivity contribution in [2.75, 3.05) is 12.4 Å². The minimum atomic E-state index is -0.324. The van der Waals surface area contributed by atoms with Crippen molar-refractivity contribution in [1.29, 1.82) is 0 Å². The minimum Gasteiger partial charge on any atom is -0.465 e. The van der Waals surface area contributed by atoms with Crippen LogP contribution in [0.25, 0.3) is 10.2 Å². The molecule has 0 aromatic carbocycles. The molecule has 2 aromatic heterocycles. The van der Waals surface area contributed by atoms with Gasteiger partial charge in [0.2, 0.25) is 0 Å². The molecule has 2 aromatic rings. The molecule has 6 heteroatoms. The highest BCUT2D eigenvalue weighted by Crippen LogP contribution is 2.33. The number of aryl methyl sites for hydroxylation is 1. The van der Waals surface area contributed by atoms with Crippen LogP contribution in [0.4, 0.5) is 5.82 Å². The zero-order chi connectivity index (χ0) is 14.0. The molecule has 0 saturated carbocycles. The first-order valence-corrected chi connectivity index (χ1v) is 6.99. The van der Waals surface area contributed by atoms with Gasteiger partial charge in [0.05, 0.1) is 12.5 Å². The number of nitrogens with one attached hydrogen (secondary N) is 1. The first kappa shape index (κ1) is 13.7. The van der Waals surface area contributed by atoms with Crippen LogP contribution in [0.3, 0.4) is 0 Å². The molecule has 0 aliphatic rings. The molecule has 2 heterocycles. The average Bonchev–Trinajstić information content (AvgIpc) is 2.76. The van der Waals surface area contributed by atoms with E-state index in [0.29, 0.717) is 10.9 Å². The number of aromatic nitrogens is 2. The highest BCUT2D eigenvalue weighted by molar-refractivity contribution is 7.20. The number of anilines is 1. The zero-order valence-electron chi connectivity index (χ0n) is 11.5. The summed E-state index contributed by atoms with van der Waals surface area (Å²) in [5.41, 5.74) is 0.873. The predicted octanol–water partition coefficient (Wildman–Crippen LogP) is 3.00. The van der Waals surface area contributed by atoms with Crippen LogP contribution in [0.5, 0.6) is 0 Å². The number of carbonyl (C=O) groups is 1. The number of esters is 1. The summed E-state index contributed by atoms with van der Waals surface area (Å²) < 4.78 is 4.79. The third-order valence-corrected chi connectivity index (χ3v) is 4.27. The van der Waals surface area contributed by atoms with Gasteiger partial charge in [-0.1, -0.05) is 6.92 Å². The van der Waals surface area contributed by atoms with Crippen molar-refractivity contribution < 1.29 is 9.53 Å². The average molecular weight is 279 g/mol. The summed E-state index contributed by atoms with van der Waals surface area (Å²) in [6.45, 7) is 6.10. The largest absolute Gasteiger partial charge is 0.465 e. The number of nitrogens with zero attached hydrogens (tertiary/aromatic N) is 2. The van der Waals surface area contributed by atoms with E-state index in [0.717, 1.165) is 28.0 Å². The van der Waals surface area contributed by atoms with E-state index in [1.54, 1.807) is 0 Å². The number of thiophene rings is 1. The van der Waals surface area contributed by atoms with E-state index in [9.17, 15) is 4.79 Å². The van der Waals surface area contributed by atoms with Crippen LogP contribution in [0.2, 0.25) is 0 Å². The summed E-state index contributed by atoms with van der Waals surface area (Å²) >= 11 is 1.34. The van der Waals surface area contributed by atoms with Crippen molar-refractivity contribution in [2.24, 2.45) is 0 Å². The van der Waals surface area contributed by atoms with Gasteiger partial charge in [0, 0.05) is 6.04 Å². The molecule has 0 aliphatic carbocycles. The topological polar surface area (TPSA) is 64.1 Å². The van der Waals surface area contributed by atoms with E-state index in [-0.39, 0.29) is 5.97 Å². The summed E-state index contributed by atoms with van der Waals surface area (Å²) in [4.78, 5) is 21.6. The third-order valence-electron chi connectivity index (χ3n) is 3.09. The maximum atomic E-state index is 11.7. The first-order chi connectivity index (χ1) is 9.08. The van der Waals surface area contributed by atoms with Gasteiger partial charge in [-0.15, -0.1) is 11.3 Å². The van der Waals surface area contributed by atoms with Crippen LogP contribution in [0, 0.1) is 6.92 Å². The van der Waals surface area contributed by atoms with E-state index in [1.165, 1.54) is 24.8 Å². The molecule has 19 heavy (non-hydrogen) atoms.